The van der Waals surface area contributed by atoms with Gasteiger partial charge in [0.15, 0.2) is 0 Å². The van der Waals surface area contributed by atoms with Crippen LogP contribution in [0.2, 0.25) is 0 Å². The number of amides is 1. The van der Waals surface area contributed by atoms with Crippen LogP contribution in [-0.2, 0) is 11.3 Å². The number of carbonyl (C=O) groups is 1. The molecular formula is C16H24BrN3O. The quantitative estimate of drug-likeness (QED) is 0.855. The second kappa shape index (κ2) is 7.27. The summed E-state index contributed by atoms with van der Waals surface area (Å²) in [6.45, 7) is 8.75. The Kier molecular flexibility index (Phi) is 5.65. The standard InChI is InChI=1S/C16H24BrN3O/c1-4-15-16(21)18-7-8-20(15)13-6-5-12(14(17)9-13)10-19-11(2)3/h5-6,9,11,15,19H,4,7-8,10H2,1-3H3,(H,18,21). The third-order valence-electron chi connectivity index (χ3n) is 3.79. The van der Waals surface area contributed by atoms with Crippen molar-refractivity contribution in [2.24, 2.45) is 0 Å². The van der Waals surface area contributed by atoms with Crippen molar-refractivity contribution in [3.8, 4) is 0 Å². The number of nitrogens with one attached hydrogen (secondary N) is 2. The molecule has 1 saturated heterocycles. The van der Waals surface area contributed by atoms with Gasteiger partial charge in [0.25, 0.3) is 0 Å². The molecule has 116 valence electrons. The van der Waals surface area contributed by atoms with Gasteiger partial charge in [0, 0.05) is 35.8 Å². The number of piperazine rings is 1. The van der Waals surface area contributed by atoms with Gasteiger partial charge in [-0.25, -0.2) is 0 Å². The van der Waals surface area contributed by atoms with Crippen LogP contribution in [-0.4, -0.2) is 31.1 Å². The fourth-order valence-electron chi connectivity index (χ4n) is 2.60. The van der Waals surface area contributed by atoms with Gasteiger partial charge in [-0.2, -0.15) is 0 Å². The minimum Gasteiger partial charge on any atom is -0.358 e. The van der Waals surface area contributed by atoms with Crippen LogP contribution < -0.4 is 15.5 Å². The van der Waals surface area contributed by atoms with Crippen molar-refractivity contribution in [1.29, 1.82) is 0 Å². The topological polar surface area (TPSA) is 44.4 Å². The summed E-state index contributed by atoms with van der Waals surface area (Å²) < 4.78 is 1.09. The molecule has 1 fully saturated rings. The van der Waals surface area contributed by atoms with Gasteiger partial charge in [0.2, 0.25) is 5.91 Å². The second-order valence-electron chi connectivity index (χ2n) is 5.72. The molecule has 0 spiro atoms. The van der Waals surface area contributed by atoms with Crippen molar-refractivity contribution in [3.05, 3.63) is 28.2 Å². The van der Waals surface area contributed by atoms with Crippen molar-refractivity contribution >= 4 is 27.5 Å². The molecule has 2 N–H and O–H groups in total. The molecule has 1 aromatic rings. The molecule has 0 bridgehead atoms. The van der Waals surface area contributed by atoms with E-state index in [1.165, 1.54) is 5.56 Å². The van der Waals surface area contributed by atoms with Gasteiger partial charge in [-0.3, -0.25) is 4.79 Å². The minimum atomic E-state index is -0.0645. The third-order valence-corrected chi connectivity index (χ3v) is 4.52. The van der Waals surface area contributed by atoms with Crippen LogP contribution in [0.15, 0.2) is 22.7 Å². The fourth-order valence-corrected chi connectivity index (χ4v) is 3.11. The highest BCUT2D eigenvalue weighted by atomic mass is 79.9. The number of halogens is 1. The molecule has 1 unspecified atom stereocenters. The van der Waals surface area contributed by atoms with Gasteiger partial charge >= 0.3 is 0 Å². The summed E-state index contributed by atoms with van der Waals surface area (Å²) in [6.07, 6.45) is 0.820. The molecule has 1 atom stereocenters. The lowest BCUT2D eigenvalue weighted by atomic mass is 10.1. The van der Waals surface area contributed by atoms with Crippen molar-refractivity contribution in [1.82, 2.24) is 10.6 Å². The molecule has 0 aliphatic carbocycles. The Morgan fingerprint density at radius 2 is 2.24 bits per heavy atom. The molecule has 1 heterocycles. The number of nitrogens with zero attached hydrogens (tertiary/aromatic N) is 1. The number of benzene rings is 1. The molecule has 0 radical (unpaired) electrons. The van der Waals surface area contributed by atoms with E-state index >= 15 is 0 Å². The van der Waals surface area contributed by atoms with Gasteiger partial charge in [-0.05, 0) is 24.1 Å². The summed E-state index contributed by atoms with van der Waals surface area (Å²) in [5.41, 5.74) is 2.35. The lowest BCUT2D eigenvalue weighted by Crippen LogP contribution is -2.55. The highest BCUT2D eigenvalue weighted by Gasteiger charge is 2.28. The average Bonchev–Trinajstić information content (AvgIpc) is 2.45. The first-order valence-electron chi connectivity index (χ1n) is 7.59. The maximum absolute atomic E-state index is 12.0. The van der Waals surface area contributed by atoms with Crippen molar-refractivity contribution < 1.29 is 4.79 Å². The summed E-state index contributed by atoms with van der Waals surface area (Å²) in [4.78, 5) is 14.2. The SMILES string of the molecule is CCC1C(=O)NCCN1c1ccc(CNC(C)C)c(Br)c1. The lowest BCUT2D eigenvalue weighted by Gasteiger charge is -2.36. The number of carbonyl (C=O) groups excluding carboxylic acids is 1. The maximum Gasteiger partial charge on any atom is 0.242 e. The van der Waals surface area contributed by atoms with E-state index in [0.717, 1.165) is 29.7 Å². The number of anilines is 1. The van der Waals surface area contributed by atoms with Gasteiger partial charge in [-0.15, -0.1) is 0 Å². The average molecular weight is 354 g/mol. The minimum absolute atomic E-state index is 0.0645. The van der Waals surface area contributed by atoms with Gasteiger partial charge in [-0.1, -0.05) is 42.8 Å². The first-order valence-corrected chi connectivity index (χ1v) is 8.38. The Morgan fingerprint density at radius 1 is 1.48 bits per heavy atom. The predicted molar refractivity (Wildman–Crippen MR) is 90.6 cm³/mol. The summed E-state index contributed by atoms with van der Waals surface area (Å²) in [5.74, 6) is 0.130. The van der Waals surface area contributed by atoms with Crippen molar-refractivity contribution in [2.75, 3.05) is 18.0 Å². The van der Waals surface area contributed by atoms with E-state index in [1.807, 2.05) is 0 Å². The smallest absolute Gasteiger partial charge is 0.242 e. The molecule has 1 aliphatic heterocycles. The first-order chi connectivity index (χ1) is 10.0. The van der Waals surface area contributed by atoms with Crippen LogP contribution in [0.3, 0.4) is 0 Å². The molecule has 1 amide bonds. The highest BCUT2D eigenvalue weighted by Crippen LogP contribution is 2.27. The maximum atomic E-state index is 12.0. The van der Waals surface area contributed by atoms with E-state index in [0.29, 0.717) is 12.6 Å². The second-order valence-corrected chi connectivity index (χ2v) is 6.57. The van der Waals surface area contributed by atoms with Crippen LogP contribution in [0.5, 0.6) is 0 Å². The van der Waals surface area contributed by atoms with Crippen molar-refractivity contribution in [3.63, 3.8) is 0 Å². The first kappa shape index (κ1) is 16.3. The number of rotatable bonds is 5. The Bertz CT molecular complexity index is 504. The predicted octanol–water partition coefficient (Wildman–Crippen LogP) is 2.66. The number of hydrogen-bond acceptors (Lipinski definition) is 3. The zero-order chi connectivity index (χ0) is 15.4. The summed E-state index contributed by atoms with van der Waals surface area (Å²) in [5, 5.41) is 6.36. The molecule has 21 heavy (non-hydrogen) atoms. The molecule has 5 heteroatoms. The molecule has 2 rings (SSSR count). The molecule has 1 aliphatic rings. The van der Waals surface area contributed by atoms with E-state index in [-0.39, 0.29) is 11.9 Å². The van der Waals surface area contributed by atoms with Gasteiger partial charge < -0.3 is 15.5 Å². The van der Waals surface area contributed by atoms with Crippen molar-refractivity contribution in [2.45, 2.75) is 45.8 Å². The molecule has 1 aromatic carbocycles. The largest absolute Gasteiger partial charge is 0.358 e. The summed E-state index contributed by atoms with van der Waals surface area (Å²) >= 11 is 3.65. The van der Waals surface area contributed by atoms with E-state index in [4.69, 9.17) is 0 Å². The highest BCUT2D eigenvalue weighted by molar-refractivity contribution is 9.10. The van der Waals surface area contributed by atoms with E-state index < -0.39 is 0 Å². The summed E-state index contributed by atoms with van der Waals surface area (Å²) in [6, 6.07) is 6.77. The molecular weight excluding hydrogens is 330 g/mol. The van der Waals surface area contributed by atoms with Gasteiger partial charge in [0.05, 0.1) is 0 Å². The van der Waals surface area contributed by atoms with Crippen LogP contribution in [0.4, 0.5) is 5.69 Å². The molecule has 0 saturated carbocycles. The fraction of sp³-hybridized carbons (Fsp3) is 0.562. The van der Waals surface area contributed by atoms with E-state index in [9.17, 15) is 4.79 Å². The van der Waals surface area contributed by atoms with E-state index in [1.54, 1.807) is 0 Å². The zero-order valence-corrected chi connectivity index (χ0v) is 14.5. The molecule has 0 aromatic heterocycles. The zero-order valence-electron chi connectivity index (χ0n) is 12.9. The Hall–Kier alpha value is -1.07. The van der Waals surface area contributed by atoms with Gasteiger partial charge in [0.1, 0.15) is 6.04 Å². The van der Waals surface area contributed by atoms with E-state index in [2.05, 4.69) is 70.4 Å². The Labute approximate surface area is 135 Å². The number of hydrogen-bond donors (Lipinski definition) is 2. The lowest BCUT2D eigenvalue weighted by molar-refractivity contribution is -0.123. The van der Waals surface area contributed by atoms with Crippen LogP contribution in [0.1, 0.15) is 32.8 Å². The summed E-state index contributed by atoms with van der Waals surface area (Å²) in [7, 11) is 0. The van der Waals surface area contributed by atoms with Crippen LogP contribution >= 0.6 is 15.9 Å². The Balaban J connectivity index is 2.16. The third kappa shape index (κ3) is 3.98. The normalized spacial score (nSPS) is 19.0. The van der Waals surface area contributed by atoms with Crippen LogP contribution in [0.25, 0.3) is 0 Å². The van der Waals surface area contributed by atoms with Crippen LogP contribution in [0, 0.1) is 0 Å². The Morgan fingerprint density at radius 3 is 2.86 bits per heavy atom. The molecule has 4 nitrogen and oxygen atoms in total. The monoisotopic (exact) mass is 353 g/mol.